The van der Waals surface area contributed by atoms with Gasteiger partial charge in [0.2, 0.25) is 11.8 Å². The molecule has 2 aromatic carbocycles. The maximum Gasteiger partial charge on any atom is 0.244 e. The highest BCUT2D eigenvalue weighted by atomic mass is 35.5. The van der Waals surface area contributed by atoms with E-state index in [9.17, 15) is 9.65 Å². The van der Waals surface area contributed by atoms with E-state index in [-0.39, 0.29) is 27.9 Å². The van der Waals surface area contributed by atoms with Crippen LogP contribution in [-0.4, -0.2) is 23.4 Å². The molecule has 0 fully saturated rings. The van der Waals surface area contributed by atoms with Crippen molar-refractivity contribution in [3.63, 3.8) is 0 Å². The van der Waals surface area contributed by atoms with Crippen LogP contribution in [0, 0.1) is 17.1 Å². The van der Waals surface area contributed by atoms with E-state index >= 15 is 0 Å². The Bertz CT molecular complexity index is 1230. The number of hydrogen-bond acceptors (Lipinski definition) is 6. The van der Waals surface area contributed by atoms with Crippen molar-refractivity contribution < 1.29 is 18.6 Å². The molecule has 1 aliphatic rings. The van der Waals surface area contributed by atoms with Crippen molar-refractivity contribution in [2.45, 2.75) is 19.8 Å². The van der Waals surface area contributed by atoms with Crippen LogP contribution >= 0.6 is 11.6 Å². The number of benzene rings is 2. The quantitative estimate of drug-likeness (QED) is 0.549. The highest BCUT2D eigenvalue weighted by Crippen LogP contribution is 2.49. The third kappa shape index (κ3) is 3.61. The van der Waals surface area contributed by atoms with Gasteiger partial charge in [-0.05, 0) is 38.1 Å². The van der Waals surface area contributed by atoms with Gasteiger partial charge in [0.25, 0.3) is 0 Å². The van der Waals surface area contributed by atoms with Crippen molar-refractivity contribution in [2.24, 2.45) is 5.73 Å². The van der Waals surface area contributed by atoms with Gasteiger partial charge in [-0.2, -0.15) is 5.26 Å². The molecule has 1 aromatic heterocycles. The molecule has 3 aromatic rings. The van der Waals surface area contributed by atoms with Gasteiger partial charge in [-0.1, -0.05) is 17.7 Å². The number of halogens is 2. The first-order chi connectivity index (χ1) is 15.5. The molecule has 0 aliphatic carbocycles. The van der Waals surface area contributed by atoms with E-state index in [2.05, 4.69) is 10.2 Å². The molecule has 0 spiro atoms. The van der Waals surface area contributed by atoms with E-state index in [4.69, 9.17) is 31.5 Å². The molecule has 7 nitrogen and oxygen atoms in total. The van der Waals surface area contributed by atoms with Crippen molar-refractivity contribution in [1.29, 1.82) is 5.26 Å². The SMILES string of the molecule is CCOc1ccc(-c2[nH]nc3c2[C@@H](c2c(F)cccc2Cl)C(C#N)=C(N)O3)c(OCC)c1. The van der Waals surface area contributed by atoms with E-state index in [1.165, 1.54) is 12.1 Å². The number of nitriles is 1. The summed E-state index contributed by atoms with van der Waals surface area (Å²) >= 11 is 6.38. The van der Waals surface area contributed by atoms with Gasteiger partial charge in [0.05, 0.1) is 30.4 Å². The fraction of sp³-hybridized carbons (Fsp3) is 0.217. The predicted octanol–water partition coefficient (Wildman–Crippen LogP) is 4.88. The van der Waals surface area contributed by atoms with Crippen molar-refractivity contribution in [3.05, 3.63) is 69.8 Å². The van der Waals surface area contributed by atoms with Crippen LogP contribution in [0.5, 0.6) is 17.4 Å². The molecule has 4 rings (SSSR count). The van der Waals surface area contributed by atoms with Crippen LogP contribution in [0.15, 0.2) is 47.9 Å². The molecule has 0 radical (unpaired) electrons. The topological polar surface area (TPSA) is 106 Å². The lowest BCUT2D eigenvalue weighted by molar-refractivity contribution is 0.324. The Labute approximate surface area is 189 Å². The third-order valence-corrected chi connectivity index (χ3v) is 5.39. The normalized spacial score (nSPS) is 15.0. The van der Waals surface area contributed by atoms with E-state index in [0.717, 1.165) is 0 Å². The number of ether oxygens (including phenoxy) is 3. The average Bonchev–Trinajstić information content (AvgIpc) is 3.17. The molecule has 32 heavy (non-hydrogen) atoms. The number of hydrogen-bond donors (Lipinski definition) is 2. The van der Waals surface area contributed by atoms with Crippen molar-refractivity contribution in [3.8, 4) is 34.7 Å². The van der Waals surface area contributed by atoms with Crippen LogP contribution in [0.1, 0.15) is 30.9 Å². The first kappa shape index (κ1) is 21.5. The number of nitrogens with one attached hydrogen (secondary N) is 1. The van der Waals surface area contributed by atoms with Crippen LogP contribution in [0.3, 0.4) is 0 Å². The predicted molar refractivity (Wildman–Crippen MR) is 117 cm³/mol. The minimum absolute atomic E-state index is 0.0380. The van der Waals surface area contributed by atoms with E-state index in [0.29, 0.717) is 41.5 Å². The third-order valence-electron chi connectivity index (χ3n) is 5.06. The molecular weight excluding hydrogens is 435 g/mol. The Kier molecular flexibility index (Phi) is 5.93. The highest BCUT2D eigenvalue weighted by Gasteiger charge is 2.38. The van der Waals surface area contributed by atoms with Crippen LogP contribution < -0.4 is 19.9 Å². The summed E-state index contributed by atoms with van der Waals surface area (Å²) in [6, 6.07) is 11.7. The summed E-state index contributed by atoms with van der Waals surface area (Å²) in [7, 11) is 0. The summed E-state index contributed by atoms with van der Waals surface area (Å²) in [5.74, 6) is -0.340. The molecule has 1 aliphatic heterocycles. The monoisotopic (exact) mass is 454 g/mol. The summed E-state index contributed by atoms with van der Waals surface area (Å²) in [5.41, 5.74) is 7.71. The smallest absolute Gasteiger partial charge is 0.244 e. The molecule has 9 heteroatoms. The second kappa shape index (κ2) is 8.81. The number of rotatable bonds is 6. The molecule has 0 bridgehead atoms. The van der Waals surface area contributed by atoms with Gasteiger partial charge in [0, 0.05) is 22.2 Å². The minimum atomic E-state index is -0.924. The number of aromatic amines is 1. The maximum atomic E-state index is 15.0. The molecular formula is C23H20ClFN4O3. The highest BCUT2D eigenvalue weighted by molar-refractivity contribution is 6.31. The number of allylic oxidation sites excluding steroid dienone is 1. The standard InChI is InChI=1S/C23H20ClFN4O3/c1-3-30-12-8-9-13(17(10-12)31-4-2)21-20-18(19-15(24)6-5-7-16(19)25)14(11-26)22(27)32-23(20)29-28-21/h5-10,18H,3-4,27H2,1-2H3,(H,28,29)/t18-/m1/s1. The van der Waals surface area contributed by atoms with E-state index in [1.54, 1.807) is 24.3 Å². The van der Waals surface area contributed by atoms with E-state index < -0.39 is 11.7 Å². The Hall–Kier alpha value is -3.70. The summed E-state index contributed by atoms with van der Waals surface area (Å²) in [6.07, 6.45) is 0. The molecule has 0 saturated carbocycles. The zero-order valence-electron chi connectivity index (χ0n) is 17.4. The molecule has 1 atom stereocenters. The lowest BCUT2D eigenvalue weighted by atomic mass is 9.82. The van der Waals surface area contributed by atoms with Crippen LogP contribution in [0.25, 0.3) is 11.3 Å². The molecule has 0 unspecified atom stereocenters. The van der Waals surface area contributed by atoms with Gasteiger partial charge in [-0.3, -0.25) is 5.10 Å². The lowest BCUT2D eigenvalue weighted by Gasteiger charge is -2.25. The van der Waals surface area contributed by atoms with Crippen LogP contribution in [0.2, 0.25) is 5.02 Å². The van der Waals surface area contributed by atoms with Crippen molar-refractivity contribution >= 4 is 11.6 Å². The largest absolute Gasteiger partial charge is 0.494 e. The van der Waals surface area contributed by atoms with Crippen LogP contribution in [-0.2, 0) is 0 Å². The van der Waals surface area contributed by atoms with Gasteiger partial charge in [-0.15, -0.1) is 5.10 Å². The van der Waals surface area contributed by atoms with E-state index in [1.807, 2.05) is 19.9 Å². The number of aromatic nitrogens is 2. The zero-order chi connectivity index (χ0) is 22.8. The second-order valence-corrected chi connectivity index (χ2v) is 7.31. The van der Waals surface area contributed by atoms with Gasteiger partial charge in [0.15, 0.2) is 0 Å². The Morgan fingerprint density at radius 2 is 2.00 bits per heavy atom. The summed E-state index contributed by atoms with van der Waals surface area (Å²) in [4.78, 5) is 0. The molecule has 3 N–H and O–H groups in total. The fourth-order valence-corrected chi connectivity index (χ4v) is 4.04. The Morgan fingerprint density at radius 1 is 1.22 bits per heavy atom. The molecule has 0 amide bonds. The summed E-state index contributed by atoms with van der Waals surface area (Å²) < 4.78 is 32.0. The summed E-state index contributed by atoms with van der Waals surface area (Å²) in [5, 5.41) is 17.1. The molecule has 0 saturated heterocycles. The van der Waals surface area contributed by atoms with Gasteiger partial charge in [0.1, 0.15) is 29.0 Å². The lowest BCUT2D eigenvalue weighted by Crippen LogP contribution is -2.21. The fourth-order valence-electron chi connectivity index (χ4n) is 3.77. The first-order valence-electron chi connectivity index (χ1n) is 9.99. The van der Waals surface area contributed by atoms with Gasteiger partial charge in [-0.25, -0.2) is 4.39 Å². The van der Waals surface area contributed by atoms with Gasteiger partial charge >= 0.3 is 0 Å². The molecule has 2 heterocycles. The number of fused-ring (bicyclic) bond motifs is 1. The number of nitrogens with zero attached hydrogens (tertiary/aromatic N) is 2. The first-order valence-corrected chi connectivity index (χ1v) is 10.4. The molecule has 164 valence electrons. The summed E-state index contributed by atoms with van der Waals surface area (Å²) in [6.45, 7) is 4.66. The number of nitrogens with two attached hydrogens (primary N) is 1. The van der Waals surface area contributed by atoms with Crippen LogP contribution in [0.4, 0.5) is 4.39 Å². The Morgan fingerprint density at radius 3 is 2.69 bits per heavy atom. The number of H-pyrrole nitrogens is 1. The maximum absolute atomic E-state index is 15.0. The Balaban J connectivity index is 1.97. The van der Waals surface area contributed by atoms with Crippen molar-refractivity contribution in [2.75, 3.05) is 13.2 Å². The van der Waals surface area contributed by atoms with Crippen molar-refractivity contribution in [1.82, 2.24) is 10.2 Å². The second-order valence-electron chi connectivity index (χ2n) is 6.90. The minimum Gasteiger partial charge on any atom is -0.494 e. The zero-order valence-corrected chi connectivity index (χ0v) is 18.2. The van der Waals surface area contributed by atoms with Gasteiger partial charge < -0.3 is 19.9 Å². The average molecular weight is 455 g/mol.